The van der Waals surface area contributed by atoms with Crippen LogP contribution in [0.1, 0.15) is 194 Å². The van der Waals surface area contributed by atoms with Crippen LogP contribution in [0.15, 0.2) is 12.4 Å². The largest absolute Gasteiger partial charge is 0.346 e. The number of hydrogen-bond donors (Lipinski definition) is 0. The van der Waals surface area contributed by atoms with Gasteiger partial charge in [-0.1, -0.05) is 181 Å². The van der Waals surface area contributed by atoms with E-state index < -0.39 is 0 Å². The molecule has 0 fully saturated rings. The summed E-state index contributed by atoms with van der Waals surface area (Å²) in [5, 5.41) is 0. The highest BCUT2D eigenvalue weighted by atomic mass is 15.3. The third kappa shape index (κ3) is 24.1. The molecule has 0 spiro atoms. The Morgan fingerprint density at radius 2 is 0.541 bits per heavy atom. The average molecular weight is 517 g/mol. The molecule has 1 aliphatic heterocycles. The van der Waals surface area contributed by atoms with Crippen molar-refractivity contribution in [2.24, 2.45) is 0 Å². The summed E-state index contributed by atoms with van der Waals surface area (Å²) in [5.41, 5.74) is 0. The van der Waals surface area contributed by atoms with Crippen LogP contribution in [0.4, 0.5) is 0 Å². The lowest BCUT2D eigenvalue weighted by Gasteiger charge is -2.18. The Morgan fingerprint density at radius 3 is 0.784 bits per heavy atom. The summed E-state index contributed by atoms with van der Waals surface area (Å²) < 4.78 is 0. The fourth-order valence-electron chi connectivity index (χ4n) is 5.60. The molecule has 0 saturated heterocycles. The summed E-state index contributed by atoms with van der Waals surface area (Å²) in [6.45, 7) is 10.4. The highest BCUT2D eigenvalue weighted by Gasteiger charge is 2.13. The molecule has 1 heterocycles. The lowest BCUT2D eigenvalue weighted by Crippen LogP contribution is -2.21. The molecule has 1 rings (SSSR count). The lowest BCUT2D eigenvalue weighted by atomic mass is 10.0. The molecule has 2 heteroatoms. The summed E-state index contributed by atoms with van der Waals surface area (Å²) in [7, 11) is 0. The molecule has 0 amide bonds. The van der Waals surface area contributed by atoms with Crippen LogP contribution in [0.25, 0.3) is 0 Å². The normalized spacial score (nSPS) is 13.4. The van der Waals surface area contributed by atoms with E-state index >= 15 is 0 Å². The zero-order chi connectivity index (χ0) is 26.5. The molecule has 0 unspecified atom stereocenters. The molecular formula is C35H68N2. The fraction of sp³-hybridized carbons (Fsp3) is 0.914. The maximum Gasteiger partial charge on any atom is 0.207 e. The number of unbranched alkanes of at least 4 members (excludes halogenated alkanes) is 26. The van der Waals surface area contributed by atoms with Crippen LogP contribution in [0, 0.1) is 6.67 Å². The van der Waals surface area contributed by atoms with Gasteiger partial charge in [0.2, 0.25) is 6.67 Å². The van der Waals surface area contributed by atoms with Crippen LogP contribution in [0.2, 0.25) is 0 Å². The highest BCUT2D eigenvalue weighted by Crippen LogP contribution is 2.17. The smallest absolute Gasteiger partial charge is 0.207 e. The zero-order valence-corrected chi connectivity index (χ0v) is 25.8. The SMILES string of the molecule is CCCCCCCCCCCCCCCCN1[C]N(CCCCCCCCCCCCCCCC)C=C1. The highest BCUT2D eigenvalue weighted by molar-refractivity contribution is 4.96. The van der Waals surface area contributed by atoms with Crippen LogP contribution >= 0.6 is 0 Å². The lowest BCUT2D eigenvalue weighted by molar-refractivity contribution is 0.330. The molecule has 2 nitrogen and oxygen atoms in total. The third-order valence-electron chi connectivity index (χ3n) is 8.19. The Bertz CT molecular complexity index is 420. The van der Waals surface area contributed by atoms with Gasteiger partial charge in [-0.15, -0.1) is 0 Å². The van der Waals surface area contributed by atoms with Gasteiger partial charge in [-0.25, -0.2) is 0 Å². The number of nitrogens with zero attached hydrogens (tertiary/aromatic N) is 2. The van der Waals surface area contributed by atoms with Crippen molar-refractivity contribution < 1.29 is 0 Å². The van der Waals surface area contributed by atoms with E-state index in [1.807, 2.05) is 0 Å². The van der Waals surface area contributed by atoms with Crippen LogP contribution in [-0.2, 0) is 0 Å². The second-order valence-electron chi connectivity index (χ2n) is 12.0. The quantitative estimate of drug-likeness (QED) is 0.0876. The van der Waals surface area contributed by atoms with E-state index in [0.29, 0.717) is 0 Å². The molecule has 0 aliphatic carbocycles. The second-order valence-corrected chi connectivity index (χ2v) is 12.0. The van der Waals surface area contributed by atoms with Crippen molar-refractivity contribution >= 4 is 0 Å². The first kappa shape index (κ1) is 34.4. The first-order valence-electron chi connectivity index (χ1n) is 17.3. The first-order chi connectivity index (χ1) is 18.4. The number of hydrogen-bond acceptors (Lipinski definition) is 2. The summed E-state index contributed by atoms with van der Waals surface area (Å²) in [6.07, 6.45) is 44.5. The van der Waals surface area contributed by atoms with Crippen LogP contribution in [-0.4, -0.2) is 22.9 Å². The summed E-state index contributed by atoms with van der Waals surface area (Å²) in [5.74, 6) is 0. The van der Waals surface area contributed by atoms with Gasteiger partial charge < -0.3 is 9.80 Å². The average Bonchev–Trinajstić information content (AvgIpc) is 3.36. The standard InChI is InChI=1S/C35H68N2/c1-3-5-7-9-11-13-15-17-19-21-23-25-27-29-31-36-33-34-37(35-36)32-30-28-26-24-22-20-18-16-14-12-10-8-6-4-2/h33-34H,3-32H2,1-2H3. The van der Waals surface area contributed by atoms with Crippen LogP contribution in [0.5, 0.6) is 0 Å². The third-order valence-corrected chi connectivity index (χ3v) is 8.19. The van der Waals surface area contributed by atoms with Crippen molar-refractivity contribution in [3.8, 4) is 0 Å². The monoisotopic (exact) mass is 517 g/mol. The first-order valence-corrected chi connectivity index (χ1v) is 17.3. The number of rotatable bonds is 30. The van der Waals surface area contributed by atoms with E-state index in [-0.39, 0.29) is 0 Å². The van der Waals surface area contributed by atoms with Gasteiger partial charge >= 0.3 is 0 Å². The molecule has 0 saturated carbocycles. The predicted molar refractivity (Wildman–Crippen MR) is 166 cm³/mol. The molecule has 218 valence electrons. The summed E-state index contributed by atoms with van der Waals surface area (Å²) in [6, 6.07) is 0. The van der Waals surface area contributed by atoms with E-state index in [0.717, 1.165) is 13.1 Å². The Kier molecular flexibility index (Phi) is 26.3. The Hall–Kier alpha value is -0.660. The molecule has 1 aliphatic rings. The minimum atomic E-state index is 1.14. The second kappa shape index (κ2) is 28.4. The Morgan fingerprint density at radius 1 is 0.324 bits per heavy atom. The summed E-state index contributed by atoms with van der Waals surface area (Å²) in [4.78, 5) is 4.56. The van der Waals surface area contributed by atoms with E-state index in [4.69, 9.17) is 0 Å². The fourth-order valence-corrected chi connectivity index (χ4v) is 5.60. The van der Waals surface area contributed by atoms with Crippen molar-refractivity contribution in [3.05, 3.63) is 19.1 Å². The van der Waals surface area contributed by atoms with E-state index in [1.54, 1.807) is 0 Å². The Labute approximate surface area is 235 Å². The van der Waals surface area contributed by atoms with Gasteiger partial charge in [0.25, 0.3) is 0 Å². The van der Waals surface area contributed by atoms with Gasteiger partial charge in [0.05, 0.1) is 0 Å². The zero-order valence-electron chi connectivity index (χ0n) is 25.8. The molecule has 0 aromatic rings. The van der Waals surface area contributed by atoms with Crippen LogP contribution in [0.3, 0.4) is 0 Å². The molecule has 0 bridgehead atoms. The van der Waals surface area contributed by atoms with Crippen molar-refractivity contribution in [2.45, 2.75) is 194 Å². The predicted octanol–water partition coefficient (Wildman–Crippen LogP) is 12.0. The molecule has 37 heavy (non-hydrogen) atoms. The van der Waals surface area contributed by atoms with Gasteiger partial charge in [0, 0.05) is 25.5 Å². The van der Waals surface area contributed by atoms with Crippen molar-refractivity contribution in [3.63, 3.8) is 0 Å². The van der Waals surface area contributed by atoms with Crippen molar-refractivity contribution in [1.29, 1.82) is 0 Å². The van der Waals surface area contributed by atoms with Gasteiger partial charge in [-0.05, 0) is 12.8 Å². The minimum absolute atomic E-state index is 1.14. The van der Waals surface area contributed by atoms with Gasteiger partial charge in [-0.3, -0.25) is 0 Å². The topological polar surface area (TPSA) is 6.48 Å². The molecule has 0 aromatic carbocycles. The van der Waals surface area contributed by atoms with Crippen molar-refractivity contribution in [1.82, 2.24) is 9.80 Å². The minimum Gasteiger partial charge on any atom is -0.346 e. The van der Waals surface area contributed by atoms with E-state index in [1.165, 1.54) is 180 Å². The van der Waals surface area contributed by atoms with E-state index in [2.05, 4.69) is 42.7 Å². The Balaban J connectivity index is 1.75. The maximum absolute atomic E-state index is 3.54. The van der Waals surface area contributed by atoms with Crippen LogP contribution < -0.4 is 0 Å². The van der Waals surface area contributed by atoms with Gasteiger partial charge in [-0.2, -0.15) is 0 Å². The van der Waals surface area contributed by atoms with Gasteiger partial charge in [0.1, 0.15) is 0 Å². The molecule has 2 radical (unpaired) electrons. The van der Waals surface area contributed by atoms with Crippen molar-refractivity contribution in [2.75, 3.05) is 13.1 Å². The maximum atomic E-state index is 3.54. The molecule has 0 N–H and O–H groups in total. The summed E-state index contributed by atoms with van der Waals surface area (Å²) >= 11 is 0. The van der Waals surface area contributed by atoms with E-state index in [9.17, 15) is 0 Å². The molecule has 0 aromatic heterocycles. The molecular weight excluding hydrogens is 448 g/mol. The molecule has 0 atom stereocenters. The van der Waals surface area contributed by atoms with Gasteiger partial charge in [0.15, 0.2) is 0 Å².